The molecule has 2 unspecified atom stereocenters. The van der Waals surface area contributed by atoms with Gasteiger partial charge in [0.2, 0.25) is 0 Å². The largest absolute Gasteiger partial charge is 0.508 e. The van der Waals surface area contributed by atoms with E-state index in [0.717, 1.165) is 48.1 Å². The summed E-state index contributed by atoms with van der Waals surface area (Å²) in [5, 5.41) is 20.6. The number of hydrogen-bond donors (Lipinski definition) is 2. The summed E-state index contributed by atoms with van der Waals surface area (Å²) >= 11 is 0. The molecule has 2 rings (SSSR count). The number of ether oxygens (including phenoxy) is 1. The van der Waals surface area contributed by atoms with Gasteiger partial charge < -0.3 is 14.9 Å². The van der Waals surface area contributed by atoms with E-state index in [4.69, 9.17) is 4.74 Å². The Bertz CT molecular complexity index is 736. The first-order chi connectivity index (χ1) is 12.4. The first-order valence-corrected chi connectivity index (χ1v) is 9.62. The van der Waals surface area contributed by atoms with Gasteiger partial charge in [-0.1, -0.05) is 39.8 Å². The third kappa shape index (κ3) is 4.51. The molecule has 0 bridgehead atoms. The van der Waals surface area contributed by atoms with Crippen LogP contribution in [0.15, 0.2) is 30.3 Å². The molecule has 0 radical (unpaired) electrons. The van der Waals surface area contributed by atoms with Crippen LogP contribution in [0.3, 0.4) is 0 Å². The van der Waals surface area contributed by atoms with Gasteiger partial charge in [-0.25, -0.2) is 0 Å². The maximum absolute atomic E-state index is 10.5. The van der Waals surface area contributed by atoms with E-state index in [0.29, 0.717) is 17.4 Å². The summed E-state index contributed by atoms with van der Waals surface area (Å²) in [7, 11) is 1.66. The van der Waals surface area contributed by atoms with Crippen molar-refractivity contribution in [3.63, 3.8) is 0 Å². The van der Waals surface area contributed by atoms with Gasteiger partial charge in [0.1, 0.15) is 17.2 Å². The molecule has 2 aromatic carbocycles. The van der Waals surface area contributed by atoms with Crippen LogP contribution in [0.2, 0.25) is 0 Å². The lowest BCUT2D eigenvalue weighted by molar-refractivity contribution is 0.393. The van der Waals surface area contributed by atoms with Crippen molar-refractivity contribution in [3.8, 4) is 17.2 Å². The fourth-order valence-corrected chi connectivity index (χ4v) is 3.34. The molecule has 3 nitrogen and oxygen atoms in total. The summed E-state index contributed by atoms with van der Waals surface area (Å²) in [5.74, 6) is 2.06. The van der Waals surface area contributed by atoms with E-state index < -0.39 is 0 Å². The lowest BCUT2D eigenvalue weighted by atomic mass is 9.92. The van der Waals surface area contributed by atoms with Crippen LogP contribution in [0.4, 0.5) is 0 Å². The molecule has 0 heterocycles. The number of methoxy groups -OCH3 is 1. The van der Waals surface area contributed by atoms with Gasteiger partial charge in [-0.3, -0.25) is 0 Å². The van der Waals surface area contributed by atoms with Crippen LogP contribution >= 0.6 is 0 Å². The molecule has 0 amide bonds. The molecule has 0 aliphatic heterocycles. The SMILES string of the molecule is CCC(C)c1cc(CCc2cc(O)c(C(C)CC)c(OC)c2)ccc1O. The van der Waals surface area contributed by atoms with E-state index in [2.05, 4.69) is 33.8 Å². The first kappa shape index (κ1) is 20.2. The minimum absolute atomic E-state index is 0.259. The molecule has 2 atom stereocenters. The molecule has 0 aromatic heterocycles. The predicted molar refractivity (Wildman–Crippen MR) is 108 cm³/mol. The van der Waals surface area contributed by atoms with Gasteiger partial charge in [0.05, 0.1) is 7.11 Å². The Morgan fingerprint density at radius 2 is 1.50 bits per heavy atom. The van der Waals surface area contributed by atoms with Crippen LogP contribution < -0.4 is 4.74 Å². The number of rotatable bonds is 8. The number of phenolic OH excluding ortho intramolecular Hbond substituents is 2. The Hall–Kier alpha value is -2.16. The Kier molecular flexibility index (Phi) is 6.96. The Morgan fingerprint density at radius 1 is 0.846 bits per heavy atom. The summed E-state index contributed by atoms with van der Waals surface area (Å²) in [4.78, 5) is 0. The molecule has 0 aliphatic rings. The van der Waals surface area contributed by atoms with Crippen LogP contribution in [0.5, 0.6) is 17.2 Å². The van der Waals surface area contributed by atoms with Gasteiger partial charge in [-0.05, 0) is 72.4 Å². The number of phenols is 2. The number of benzene rings is 2. The zero-order valence-electron chi connectivity index (χ0n) is 16.7. The van der Waals surface area contributed by atoms with Gasteiger partial charge in [0, 0.05) is 5.56 Å². The zero-order valence-corrected chi connectivity index (χ0v) is 16.7. The topological polar surface area (TPSA) is 49.7 Å². The zero-order chi connectivity index (χ0) is 19.3. The molecule has 2 aromatic rings. The number of aromatic hydroxyl groups is 2. The van der Waals surface area contributed by atoms with E-state index in [1.807, 2.05) is 18.2 Å². The van der Waals surface area contributed by atoms with Crippen molar-refractivity contribution in [2.75, 3.05) is 7.11 Å². The summed E-state index contributed by atoms with van der Waals surface area (Å²) in [5.41, 5.74) is 4.16. The Balaban J connectivity index is 2.21. The van der Waals surface area contributed by atoms with Crippen LogP contribution in [-0.2, 0) is 12.8 Å². The van der Waals surface area contributed by atoms with Gasteiger partial charge in [0.25, 0.3) is 0 Å². The molecule has 0 saturated heterocycles. The monoisotopic (exact) mass is 356 g/mol. The van der Waals surface area contributed by atoms with E-state index in [9.17, 15) is 10.2 Å². The summed E-state index contributed by atoms with van der Waals surface area (Å²) in [6, 6.07) is 9.78. The first-order valence-electron chi connectivity index (χ1n) is 9.62. The third-order valence-corrected chi connectivity index (χ3v) is 5.44. The molecule has 0 spiro atoms. The van der Waals surface area contributed by atoms with Crippen LogP contribution in [-0.4, -0.2) is 17.3 Å². The van der Waals surface area contributed by atoms with Crippen molar-refractivity contribution in [2.45, 2.75) is 65.2 Å². The van der Waals surface area contributed by atoms with Crippen molar-refractivity contribution in [1.82, 2.24) is 0 Å². The molecule has 0 aliphatic carbocycles. The molecular weight excluding hydrogens is 324 g/mol. The summed E-state index contributed by atoms with van der Waals surface area (Å²) < 4.78 is 5.53. The minimum atomic E-state index is 0.259. The molecular formula is C23H32O3. The van der Waals surface area contributed by atoms with Crippen LogP contribution in [0.1, 0.15) is 74.6 Å². The van der Waals surface area contributed by atoms with E-state index in [-0.39, 0.29) is 5.92 Å². The molecule has 0 saturated carbocycles. The minimum Gasteiger partial charge on any atom is -0.508 e. The van der Waals surface area contributed by atoms with Crippen molar-refractivity contribution in [1.29, 1.82) is 0 Å². The van der Waals surface area contributed by atoms with Crippen molar-refractivity contribution in [3.05, 3.63) is 52.6 Å². The smallest absolute Gasteiger partial charge is 0.126 e. The maximum atomic E-state index is 10.5. The van der Waals surface area contributed by atoms with E-state index in [1.165, 1.54) is 5.56 Å². The van der Waals surface area contributed by atoms with Gasteiger partial charge >= 0.3 is 0 Å². The second kappa shape index (κ2) is 8.98. The van der Waals surface area contributed by atoms with Crippen LogP contribution in [0, 0.1) is 0 Å². The maximum Gasteiger partial charge on any atom is 0.126 e. The highest BCUT2D eigenvalue weighted by molar-refractivity contribution is 5.49. The lowest BCUT2D eigenvalue weighted by Gasteiger charge is -2.17. The fraction of sp³-hybridized carbons (Fsp3) is 0.478. The lowest BCUT2D eigenvalue weighted by Crippen LogP contribution is -2.00. The second-order valence-electron chi connectivity index (χ2n) is 7.24. The van der Waals surface area contributed by atoms with Crippen molar-refractivity contribution in [2.24, 2.45) is 0 Å². The quantitative estimate of drug-likeness (QED) is 0.617. The molecule has 142 valence electrons. The van der Waals surface area contributed by atoms with E-state index in [1.54, 1.807) is 13.2 Å². The highest BCUT2D eigenvalue weighted by Crippen LogP contribution is 2.37. The number of aryl methyl sites for hydroxylation is 2. The van der Waals surface area contributed by atoms with Gasteiger partial charge in [0.15, 0.2) is 0 Å². The van der Waals surface area contributed by atoms with Gasteiger partial charge in [-0.15, -0.1) is 0 Å². The molecule has 26 heavy (non-hydrogen) atoms. The Morgan fingerprint density at radius 3 is 2.12 bits per heavy atom. The van der Waals surface area contributed by atoms with Crippen LogP contribution in [0.25, 0.3) is 0 Å². The summed E-state index contributed by atoms with van der Waals surface area (Å²) in [6.07, 6.45) is 3.62. The molecule has 2 N–H and O–H groups in total. The fourth-order valence-electron chi connectivity index (χ4n) is 3.34. The Labute approximate surface area is 157 Å². The average molecular weight is 357 g/mol. The normalized spacial score (nSPS) is 13.4. The van der Waals surface area contributed by atoms with Crippen molar-refractivity contribution >= 4 is 0 Å². The predicted octanol–water partition coefficient (Wildman–Crippen LogP) is 5.92. The standard InChI is InChI=1S/C23H32O3/c1-6-15(3)19-12-17(10-11-20(19)24)8-9-18-13-21(25)23(16(4)7-2)22(14-18)26-5/h10-16,24-25H,6-9H2,1-5H3. The van der Waals surface area contributed by atoms with Crippen molar-refractivity contribution < 1.29 is 14.9 Å². The summed E-state index contributed by atoms with van der Waals surface area (Å²) in [6.45, 7) is 8.47. The molecule has 0 fully saturated rings. The third-order valence-electron chi connectivity index (χ3n) is 5.44. The average Bonchev–Trinajstić information content (AvgIpc) is 2.65. The highest BCUT2D eigenvalue weighted by Gasteiger charge is 2.16. The van der Waals surface area contributed by atoms with E-state index >= 15 is 0 Å². The second-order valence-corrected chi connectivity index (χ2v) is 7.24. The number of hydrogen-bond acceptors (Lipinski definition) is 3. The molecule has 3 heteroatoms. The highest BCUT2D eigenvalue weighted by atomic mass is 16.5. The van der Waals surface area contributed by atoms with Gasteiger partial charge in [-0.2, -0.15) is 0 Å².